The number of hydrogen-bond donors (Lipinski definition) is 2. The third-order valence-corrected chi connectivity index (χ3v) is 6.43. The fourth-order valence-electron chi connectivity index (χ4n) is 3.96. The second-order valence-electron chi connectivity index (χ2n) is 8.12. The van der Waals surface area contributed by atoms with Crippen molar-refractivity contribution in [3.63, 3.8) is 0 Å². The molecule has 35 heavy (non-hydrogen) atoms. The molecule has 0 aromatic heterocycles. The standard InChI is InChI=1S/C28H27BrN2O4/c1-2-17-28(27(33)30-21-9-4-3-5-10-21)25(23-11-6-7-12-24(23)29)35-26(31-28)20-13-15-22(16-14-20)34-19-8-18-32/h2-7,9-16,25,32H,1,8,17-19H2,(H,30,33)/t25-,28-/m1/s1. The van der Waals surface area contributed by atoms with Crippen LogP contribution in [0.5, 0.6) is 5.75 Å². The molecule has 0 saturated carbocycles. The molecule has 2 atom stereocenters. The van der Waals surface area contributed by atoms with Crippen molar-refractivity contribution in [2.45, 2.75) is 24.5 Å². The van der Waals surface area contributed by atoms with Crippen molar-refractivity contribution in [2.24, 2.45) is 4.99 Å². The van der Waals surface area contributed by atoms with E-state index in [9.17, 15) is 4.79 Å². The fourth-order valence-corrected chi connectivity index (χ4v) is 4.45. The summed E-state index contributed by atoms with van der Waals surface area (Å²) in [4.78, 5) is 18.7. The van der Waals surface area contributed by atoms with Crippen molar-refractivity contribution >= 4 is 33.4 Å². The van der Waals surface area contributed by atoms with Crippen LogP contribution < -0.4 is 10.1 Å². The summed E-state index contributed by atoms with van der Waals surface area (Å²) >= 11 is 3.62. The lowest BCUT2D eigenvalue weighted by molar-refractivity contribution is -0.123. The van der Waals surface area contributed by atoms with Gasteiger partial charge in [-0.3, -0.25) is 4.79 Å². The van der Waals surface area contributed by atoms with Crippen molar-refractivity contribution in [1.29, 1.82) is 0 Å². The van der Waals surface area contributed by atoms with Gasteiger partial charge in [-0.2, -0.15) is 0 Å². The molecule has 4 rings (SSSR count). The summed E-state index contributed by atoms with van der Waals surface area (Å²) in [5.74, 6) is 0.781. The van der Waals surface area contributed by atoms with Gasteiger partial charge < -0.3 is 19.9 Å². The van der Waals surface area contributed by atoms with E-state index in [0.29, 0.717) is 30.4 Å². The number of nitrogens with one attached hydrogen (secondary N) is 1. The van der Waals surface area contributed by atoms with Crippen LogP contribution in [0.4, 0.5) is 5.69 Å². The predicted molar refractivity (Wildman–Crippen MR) is 141 cm³/mol. The number of amides is 1. The number of nitrogens with zero attached hydrogens (tertiary/aromatic N) is 1. The molecule has 6 nitrogen and oxygen atoms in total. The van der Waals surface area contributed by atoms with E-state index in [4.69, 9.17) is 19.6 Å². The molecule has 1 amide bonds. The molecule has 3 aromatic carbocycles. The van der Waals surface area contributed by atoms with Crippen LogP contribution in [-0.2, 0) is 9.53 Å². The zero-order valence-corrected chi connectivity index (χ0v) is 20.8. The SMILES string of the molecule is C=CC[C@@]1(C(=O)Nc2ccccc2)N=C(c2ccc(OCCCO)cc2)O[C@@H]1c1ccccc1Br. The molecule has 0 unspecified atom stereocenters. The monoisotopic (exact) mass is 534 g/mol. The summed E-state index contributed by atoms with van der Waals surface area (Å²) in [6, 6.07) is 24.3. The van der Waals surface area contributed by atoms with Gasteiger partial charge in [-0.15, -0.1) is 6.58 Å². The van der Waals surface area contributed by atoms with Crippen molar-refractivity contribution in [3.8, 4) is 5.75 Å². The summed E-state index contributed by atoms with van der Waals surface area (Å²) < 4.78 is 12.9. The second-order valence-corrected chi connectivity index (χ2v) is 8.98. The summed E-state index contributed by atoms with van der Waals surface area (Å²) in [5.41, 5.74) is 0.975. The predicted octanol–water partition coefficient (Wildman–Crippen LogP) is 5.68. The van der Waals surface area contributed by atoms with Crippen LogP contribution in [0.25, 0.3) is 0 Å². The second kappa shape index (κ2) is 11.3. The highest BCUT2D eigenvalue weighted by atomic mass is 79.9. The first kappa shape index (κ1) is 24.7. The number of ether oxygens (including phenoxy) is 2. The number of para-hydroxylation sites is 1. The molecule has 0 fully saturated rings. The van der Waals surface area contributed by atoms with E-state index in [0.717, 1.165) is 15.6 Å². The molecule has 1 aliphatic rings. The Hall–Kier alpha value is -3.42. The van der Waals surface area contributed by atoms with Crippen molar-refractivity contribution < 1.29 is 19.4 Å². The van der Waals surface area contributed by atoms with E-state index in [2.05, 4.69) is 27.8 Å². The number of anilines is 1. The maximum absolute atomic E-state index is 13.8. The summed E-state index contributed by atoms with van der Waals surface area (Å²) in [6.07, 6.45) is 1.87. The maximum Gasteiger partial charge on any atom is 0.257 e. The minimum Gasteiger partial charge on any atom is -0.494 e. The number of halogens is 1. The van der Waals surface area contributed by atoms with Gasteiger partial charge in [-0.25, -0.2) is 4.99 Å². The van der Waals surface area contributed by atoms with Gasteiger partial charge in [-0.05, 0) is 42.5 Å². The Kier molecular flexibility index (Phi) is 8.00. The van der Waals surface area contributed by atoms with Gasteiger partial charge in [0.25, 0.3) is 5.91 Å². The third kappa shape index (κ3) is 5.47. The van der Waals surface area contributed by atoms with Crippen LogP contribution in [0.1, 0.15) is 30.1 Å². The first-order valence-corrected chi connectivity index (χ1v) is 12.2. The van der Waals surface area contributed by atoms with Gasteiger partial charge in [0.15, 0.2) is 11.6 Å². The van der Waals surface area contributed by atoms with E-state index >= 15 is 0 Å². The number of rotatable bonds is 10. The zero-order chi connectivity index (χ0) is 24.7. The molecule has 0 aliphatic carbocycles. The lowest BCUT2D eigenvalue weighted by Crippen LogP contribution is -2.44. The Morgan fingerprint density at radius 2 is 1.83 bits per heavy atom. The minimum atomic E-state index is -1.26. The number of aliphatic hydroxyl groups excluding tert-OH is 1. The lowest BCUT2D eigenvalue weighted by Gasteiger charge is -2.30. The Morgan fingerprint density at radius 3 is 2.51 bits per heavy atom. The van der Waals surface area contributed by atoms with Gasteiger partial charge in [0, 0.05) is 40.7 Å². The van der Waals surface area contributed by atoms with Gasteiger partial charge in [-0.1, -0.05) is 58.4 Å². The molecular formula is C28H27BrN2O4. The Morgan fingerprint density at radius 1 is 1.11 bits per heavy atom. The average molecular weight is 535 g/mol. The van der Waals surface area contributed by atoms with E-state index < -0.39 is 11.6 Å². The van der Waals surface area contributed by atoms with Crippen LogP contribution in [0.15, 0.2) is 101 Å². The highest BCUT2D eigenvalue weighted by Gasteiger charge is 2.53. The third-order valence-electron chi connectivity index (χ3n) is 5.70. The molecular weight excluding hydrogens is 508 g/mol. The van der Waals surface area contributed by atoms with E-state index in [1.165, 1.54) is 0 Å². The van der Waals surface area contributed by atoms with Crippen molar-refractivity contribution in [2.75, 3.05) is 18.5 Å². The van der Waals surface area contributed by atoms with Crippen molar-refractivity contribution in [3.05, 3.63) is 107 Å². The molecule has 0 saturated heterocycles. The molecule has 0 radical (unpaired) electrons. The number of hydrogen-bond acceptors (Lipinski definition) is 5. The normalized spacial score (nSPS) is 18.9. The van der Waals surface area contributed by atoms with Gasteiger partial charge in [0.1, 0.15) is 5.75 Å². The summed E-state index contributed by atoms with van der Waals surface area (Å²) in [5, 5.41) is 12.0. The van der Waals surface area contributed by atoms with Crippen LogP contribution in [0, 0.1) is 0 Å². The zero-order valence-electron chi connectivity index (χ0n) is 19.2. The molecule has 180 valence electrons. The number of carbonyl (C=O) groups is 1. The van der Waals surface area contributed by atoms with E-state index in [-0.39, 0.29) is 18.9 Å². The largest absolute Gasteiger partial charge is 0.494 e. The molecule has 0 bridgehead atoms. The number of aliphatic imine (C=N–C) groups is 1. The first-order chi connectivity index (χ1) is 17.1. The summed E-state index contributed by atoms with van der Waals surface area (Å²) in [7, 11) is 0. The van der Waals surface area contributed by atoms with Crippen LogP contribution in [0.3, 0.4) is 0 Å². The van der Waals surface area contributed by atoms with Crippen LogP contribution in [0.2, 0.25) is 0 Å². The van der Waals surface area contributed by atoms with Gasteiger partial charge in [0.05, 0.1) is 6.61 Å². The topological polar surface area (TPSA) is 80.2 Å². The van der Waals surface area contributed by atoms with Crippen molar-refractivity contribution in [1.82, 2.24) is 0 Å². The molecule has 7 heteroatoms. The Bertz CT molecular complexity index is 1200. The average Bonchev–Trinajstić information content (AvgIpc) is 3.26. The van der Waals surface area contributed by atoms with E-state index in [1.54, 1.807) is 6.08 Å². The molecule has 3 aromatic rings. The highest BCUT2D eigenvalue weighted by Crippen LogP contribution is 2.45. The van der Waals surface area contributed by atoms with Gasteiger partial charge >= 0.3 is 0 Å². The van der Waals surface area contributed by atoms with E-state index in [1.807, 2.05) is 78.9 Å². The smallest absolute Gasteiger partial charge is 0.257 e. The fraction of sp³-hybridized carbons (Fsp3) is 0.214. The lowest BCUT2D eigenvalue weighted by atomic mass is 9.84. The van der Waals surface area contributed by atoms with Crippen LogP contribution >= 0.6 is 15.9 Å². The Balaban J connectivity index is 1.72. The van der Waals surface area contributed by atoms with Crippen LogP contribution in [-0.4, -0.2) is 35.7 Å². The molecule has 0 spiro atoms. The van der Waals surface area contributed by atoms with Gasteiger partial charge in [0.2, 0.25) is 5.90 Å². The first-order valence-electron chi connectivity index (χ1n) is 11.4. The minimum absolute atomic E-state index is 0.0790. The highest BCUT2D eigenvalue weighted by molar-refractivity contribution is 9.10. The molecule has 1 heterocycles. The number of benzene rings is 3. The molecule has 2 N–H and O–H groups in total. The Labute approximate surface area is 213 Å². The molecule has 1 aliphatic heterocycles. The quantitative estimate of drug-likeness (QED) is 0.259. The number of carbonyl (C=O) groups excluding carboxylic acids is 1. The summed E-state index contributed by atoms with van der Waals surface area (Å²) in [6.45, 7) is 4.41. The number of aliphatic hydroxyl groups is 1. The maximum atomic E-state index is 13.8.